The molecule has 0 aliphatic carbocycles. The quantitative estimate of drug-likeness (QED) is 0.577. The van der Waals surface area contributed by atoms with Gasteiger partial charge in [0.25, 0.3) is 0 Å². The van der Waals surface area contributed by atoms with E-state index in [-0.39, 0.29) is 12.3 Å². The fraction of sp³-hybridized carbons (Fsp3) is 0.833. The highest BCUT2D eigenvalue weighted by Gasteiger charge is 2.04. The molecule has 54 valence electrons. The Hall–Kier alpha value is -0.570. The number of rotatable bonds is 4. The number of carboxylic acid groups (broad SMARTS) is 1. The predicted octanol–water partition coefficient (Wildman–Crippen LogP) is 0.317. The first-order valence-corrected chi connectivity index (χ1v) is 3.03. The summed E-state index contributed by atoms with van der Waals surface area (Å²) >= 11 is 0. The number of carboxylic acids is 1. The van der Waals surface area contributed by atoms with Crippen LogP contribution < -0.4 is 5.32 Å². The highest BCUT2D eigenvalue weighted by atomic mass is 16.4. The zero-order chi connectivity index (χ0) is 7.28. The molecule has 0 fully saturated rings. The Morgan fingerprint density at radius 1 is 1.78 bits per heavy atom. The van der Waals surface area contributed by atoms with E-state index < -0.39 is 5.97 Å². The van der Waals surface area contributed by atoms with Crippen LogP contribution in [0.5, 0.6) is 0 Å². The summed E-state index contributed by atoms with van der Waals surface area (Å²) in [5.74, 6) is -0.495. The van der Waals surface area contributed by atoms with Gasteiger partial charge in [-0.05, 0) is 19.5 Å². The molecule has 0 heterocycles. The SMILES string of the molecule is CNCC(C)CC(=O)O. The van der Waals surface area contributed by atoms with E-state index in [2.05, 4.69) is 5.32 Å². The summed E-state index contributed by atoms with van der Waals surface area (Å²) < 4.78 is 0. The van der Waals surface area contributed by atoms with E-state index in [9.17, 15) is 4.79 Å². The molecule has 0 aromatic rings. The molecular weight excluding hydrogens is 118 g/mol. The van der Waals surface area contributed by atoms with Crippen molar-refractivity contribution in [2.75, 3.05) is 13.6 Å². The third kappa shape index (κ3) is 5.30. The molecule has 2 N–H and O–H groups in total. The molecule has 0 bridgehead atoms. The molecule has 0 radical (unpaired) electrons. The zero-order valence-corrected chi connectivity index (χ0v) is 5.85. The number of nitrogens with one attached hydrogen (secondary N) is 1. The molecule has 1 unspecified atom stereocenters. The van der Waals surface area contributed by atoms with Crippen molar-refractivity contribution < 1.29 is 9.90 Å². The van der Waals surface area contributed by atoms with E-state index in [1.807, 2.05) is 14.0 Å². The van der Waals surface area contributed by atoms with Crippen LogP contribution in [0.3, 0.4) is 0 Å². The summed E-state index contributed by atoms with van der Waals surface area (Å²) in [6, 6.07) is 0. The molecular formula is C6H13NO2. The van der Waals surface area contributed by atoms with Gasteiger partial charge in [-0.2, -0.15) is 0 Å². The van der Waals surface area contributed by atoms with Gasteiger partial charge in [-0.25, -0.2) is 0 Å². The lowest BCUT2D eigenvalue weighted by molar-refractivity contribution is -0.137. The van der Waals surface area contributed by atoms with Gasteiger partial charge in [-0.3, -0.25) is 4.79 Å². The Kier molecular flexibility index (Phi) is 4.05. The van der Waals surface area contributed by atoms with Crippen LogP contribution in [0.2, 0.25) is 0 Å². The molecule has 0 aliphatic heterocycles. The lowest BCUT2D eigenvalue weighted by Crippen LogP contribution is -2.18. The maximum absolute atomic E-state index is 10.1. The van der Waals surface area contributed by atoms with E-state index in [1.54, 1.807) is 0 Å². The van der Waals surface area contributed by atoms with Crippen LogP contribution in [0.25, 0.3) is 0 Å². The standard InChI is InChI=1S/C6H13NO2/c1-5(4-7-2)3-6(8)9/h5,7H,3-4H2,1-2H3,(H,8,9). The van der Waals surface area contributed by atoms with Crippen molar-refractivity contribution >= 4 is 5.97 Å². The van der Waals surface area contributed by atoms with Crippen molar-refractivity contribution in [1.82, 2.24) is 5.32 Å². The van der Waals surface area contributed by atoms with Crippen LogP contribution in [0.15, 0.2) is 0 Å². The van der Waals surface area contributed by atoms with E-state index in [0.29, 0.717) is 0 Å². The molecule has 0 spiro atoms. The van der Waals surface area contributed by atoms with Gasteiger partial charge in [0.05, 0.1) is 0 Å². The Morgan fingerprint density at radius 2 is 2.33 bits per heavy atom. The number of carbonyl (C=O) groups is 1. The van der Waals surface area contributed by atoms with Crippen molar-refractivity contribution in [3.05, 3.63) is 0 Å². The molecule has 0 aromatic carbocycles. The summed E-state index contributed by atoms with van der Waals surface area (Å²) in [6.45, 7) is 2.68. The van der Waals surface area contributed by atoms with Crippen LogP contribution >= 0.6 is 0 Å². The Morgan fingerprint density at radius 3 is 2.67 bits per heavy atom. The van der Waals surface area contributed by atoms with Gasteiger partial charge in [-0.15, -0.1) is 0 Å². The largest absolute Gasteiger partial charge is 0.481 e. The number of hydrogen-bond acceptors (Lipinski definition) is 2. The van der Waals surface area contributed by atoms with Crippen molar-refractivity contribution in [1.29, 1.82) is 0 Å². The zero-order valence-electron chi connectivity index (χ0n) is 5.85. The Bertz CT molecular complexity index is 93.1. The number of aliphatic carboxylic acids is 1. The first-order valence-electron chi connectivity index (χ1n) is 3.03. The van der Waals surface area contributed by atoms with Gasteiger partial charge < -0.3 is 10.4 Å². The minimum absolute atomic E-state index is 0.229. The van der Waals surface area contributed by atoms with Crippen molar-refractivity contribution in [3.63, 3.8) is 0 Å². The smallest absolute Gasteiger partial charge is 0.303 e. The minimum atomic E-state index is -0.724. The van der Waals surface area contributed by atoms with Crippen molar-refractivity contribution in [2.24, 2.45) is 5.92 Å². The molecule has 1 atom stereocenters. The van der Waals surface area contributed by atoms with E-state index >= 15 is 0 Å². The molecule has 3 nitrogen and oxygen atoms in total. The second kappa shape index (κ2) is 4.32. The Labute approximate surface area is 55.1 Å². The third-order valence-corrected chi connectivity index (χ3v) is 1.08. The first-order chi connectivity index (χ1) is 4.16. The van der Waals surface area contributed by atoms with Gasteiger partial charge in [0.1, 0.15) is 0 Å². The monoisotopic (exact) mass is 131 g/mol. The molecule has 0 amide bonds. The minimum Gasteiger partial charge on any atom is -0.481 e. The normalized spacial score (nSPS) is 13.1. The van der Waals surface area contributed by atoms with Crippen LogP contribution in [0, 0.1) is 5.92 Å². The first kappa shape index (κ1) is 8.43. The van der Waals surface area contributed by atoms with Crippen molar-refractivity contribution in [2.45, 2.75) is 13.3 Å². The highest BCUT2D eigenvalue weighted by molar-refractivity contribution is 5.66. The molecule has 9 heavy (non-hydrogen) atoms. The fourth-order valence-electron chi connectivity index (χ4n) is 0.719. The van der Waals surface area contributed by atoms with Gasteiger partial charge >= 0.3 is 5.97 Å². The molecule has 0 rings (SSSR count). The van der Waals surface area contributed by atoms with Crippen LogP contribution in [-0.4, -0.2) is 24.7 Å². The summed E-state index contributed by atoms with van der Waals surface area (Å²) in [4.78, 5) is 10.1. The second-order valence-corrected chi connectivity index (χ2v) is 2.26. The highest BCUT2D eigenvalue weighted by Crippen LogP contribution is 1.97. The summed E-state index contributed by atoms with van der Waals surface area (Å²) in [5.41, 5.74) is 0. The summed E-state index contributed by atoms with van der Waals surface area (Å²) in [5, 5.41) is 11.2. The summed E-state index contributed by atoms with van der Waals surface area (Å²) in [7, 11) is 1.82. The van der Waals surface area contributed by atoms with Gasteiger partial charge in [0.2, 0.25) is 0 Å². The van der Waals surface area contributed by atoms with E-state index in [0.717, 1.165) is 6.54 Å². The van der Waals surface area contributed by atoms with Gasteiger partial charge in [0, 0.05) is 6.42 Å². The second-order valence-electron chi connectivity index (χ2n) is 2.26. The molecule has 0 saturated carbocycles. The molecule has 3 heteroatoms. The average Bonchev–Trinajstić information content (AvgIpc) is 1.63. The van der Waals surface area contributed by atoms with Gasteiger partial charge in [0.15, 0.2) is 0 Å². The molecule has 0 aromatic heterocycles. The Balaban J connectivity index is 3.26. The summed E-state index contributed by atoms with van der Waals surface area (Å²) in [6.07, 6.45) is 0.251. The maximum atomic E-state index is 10.1. The lowest BCUT2D eigenvalue weighted by atomic mass is 10.1. The topological polar surface area (TPSA) is 49.3 Å². The predicted molar refractivity (Wildman–Crippen MR) is 35.3 cm³/mol. The molecule has 0 saturated heterocycles. The third-order valence-electron chi connectivity index (χ3n) is 1.08. The van der Waals surface area contributed by atoms with Crippen molar-refractivity contribution in [3.8, 4) is 0 Å². The van der Waals surface area contributed by atoms with E-state index in [4.69, 9.17) is 5.11 Å². The van der Waals surface area contributed by atoms with E-state index in [1.165, 1.54) is 0 Å². The lowest BCUT2D eigenvalue weighted by Gasteiger charge is -2.05. The average molecular weight is 131 g/mol. The van der Waals surface area contributed by atoms with Crippen LogP contribution in [0.4, 0.5) is 0 Å². The maximum Gasteiger partial charge on any atom is 0.303 e. The van der Waals surface area contributed by atoms with Gasteiger partial charge in [-0.1, -0.05) is 6.92 Å². The molecule has 0 aliphatic rings. The number of hydrogen-bond donors (Lipinski definition) is 2. The van der Waals surface area contributed by atoms with Crippen LogP contribution in [-0.2, 0) is 4.79 Å². The van der Waals surface area contributed by atoms with Crippen LogP contribution in [0.1, 0.15) is 13.3 Å². The fourth-order valence-corrected chi connectivity index (χ4v) is 0.719.